The summed E-state index contributed by atoms with van der Waals surface area (Å²) in [5.74, 6) is 0.775. The summed E-state index contributed by atoms with van der Waals surface area (Å²) < 4.78 is 0. The standard InChI is InChI=1S/C19H22N4/c1-15(21-22-20)18-13-23(12-16-8-4-2-5-9-16)14-19(18)17-10-6-3-7-11-17/h2-11,15,18-19H,12-14H2,1H3. The Kier molecular flexibility index (Phi) is 4.96. The molecule has 0 bridgehead atoms. The lowest BCUT2D eigenvalue weighted by Gasteiger charge is -2.21. The van der Waals surface area contributed by atoms with Gasteiger partial charge in [-0.05, 0) is 22.6 Å². The molecule has 3 unspecified atom stereocenters. The normalized spacial score (nSPS) is 22.5. The third kappa shape index (κ3) is 3.73. The van der Waals surface area contributed by atoms with Gasteiger partial charge in [-0.3, -0.25) is 4.90 Å². The summed E-state index contributed by atoms with van der Waals surface area (Å²) in [5.41, 5.74) is 11.5. The average Bonchev–Trinajstić information content (AvgIpc) is 3.01. The van der Waals surface area contributed by atoms with Gasteiger partial charge >= 0.3 is 0 Å². The molecule has 1 fully saturated rings. The fraction of sp³-hybridized carbons (Fsp3) is 0.368. The van der Waals surface area contributed by atoms with Crippen LogP contribution in [0.1, 0.15) is 24.0 Å². The summed E-state index contributed by atoms with van der Waals surface area (Å²) in [7, 11) is 0. The Hall–Kier alpha value is -2.29. The molecule has 0 saturated carbocycles. The van der Waals surface area contributed by atoms with Crippen LogP contribution < -0.4 is 0 Å². The summed E-state index contributed by atoms with van der Waals surface area (Å²) in [6.45, 7) is 4.96. The Morgan fingerprint density at radius 2 is 1.74 bits per heavy atom. The monoisotopic (exact) mass is 306 g/mol. The molecule has 4 nitrogen and oxygen atoms in total. The number of azide groups is 1. The molecular formula is C19H22N4. The average molecular weight is 306 g/mol. The minimum Gasteiger partial charge on any atom is -0.298 e. The minimum atomic E-state index is 0.00554. The van der Waals surface area contributed by atoms with E-state index in [-0.39, 0.29) is 6.04 Å². The lowest BCUT2D eigenvalue weighted by atomic mass is 9.85. The highest BCUT2D eigenvalue weighted by Gasteiger charge is 2.36. The number of rotatable bonds is 5. The number of nitrogens with zero attached hydrogens (tertiary/aromatic N) is 4. The van der Waals surface area contributed by atoms with Crippen molar-refractivity contribution < 1.29 is 0 Å². The fourth-order valence-corrected chi connectivity index (χ4v) is 3.59. The van der Waals surface area contributed by atoms with Gasteiger partial charge in [-0.2, -0.15) is 0 Å². The van der Waals surface area contributed by atoms with E-state index in [1.807, 2.05) is 19.1 Å². The summed E-state index contributed by atoms with van der Waals surface area (Å²) in [6, 6.07) is 21.2. The number of likely N-dealkylation sites (tertiary alicyclic amines) is 1. The van der Waals surface area contributed by atoms with Crippen molar-refractivity contribution in [2.24, 2.45) is 11.0 Å². The zero-order chi connectivity index (χ0) is 16.1. The van der Waals surface area contributed by atoms with Gasteiger partial charge in [0.25, 0.3) is 0 Å². The van der Waals surface area contributed by atoms with Crippen LogP contribution in [-0.2, 0) is 6.54 Å². The lowest BCUT2D eigenvalue weighted by molar-refractivity contribution is 0.308. The van der Waals surface area contributed by atoms with E-state index in [1.54, 1.807) is 0 Å². The van der Waals surface area contributed by atoms with Crippen LogP contribution in [0.3, 0.4) is 0 Å². The first-order chi connectivity index (χ1) is 11.3. The molecule has 1 aliphatic heterocycles. The van der Waals surface area contributed by atoms with Gasteiger partial charge in [-0.1, -0.05) is 72.7 Å². The van der Waals surface area contributed by atoms with E-state index in [4.69, 9.17) is 5.53 Å². The Morgan fingerprint density at radius 3 is 2.39 bits per heavy atom. The summed E-state index contributed by atoms with van der Waals surface area (Å²) in [5, 5.41) is 3.98. The maximum absolute atomic E-state index is 8.80. The SMILES string of the molecule is CC(N=[N+]=[N-])C1CN(Cc2ccccc2)CC1c1ccccc1. The van der Waals surface area contributed by atoms with Crippen molar-refractivity contribution in [3.05, 3.63) is 82.2 Å². The largest absolute Gasteiger partial charge is 0.298 e. The molecule has 3 atom stereocenters. The predicted octanol–water partition coefficient (Wildman–Crippen LogP) is 4.60. The van der Waals surface area contributed by atoms with Gasteiger partial charge in [0.05, 0.1) is 0 Å². The molecule has 4 heteroatoms. The predicted molar refractivity (Wildman–Crippen MR) is 93.0 cm³/mol. The second-order valence-electron chi connectivity index (χ2n) is 6.31. The zero-order valence-corrected chi connectivity index (χ0v) is 13.4. The summed E-state index contributed by atoms with van der Waals surface area (Å²) in [4.78, 5) is 5.50. The van der Waals surface area contributed by atoms with Crippen LogP contribution >= 0.6 is 0 Å². The van der Waals surface area contributed by atoms with Crippen molar-refractivity contribution in [3.63, 3.8) is 0 Å². The minimum absolute atomic E-state index is 0.00554. The molecule has 2 aromatic carbocycles. The molecular weight excluding hydrogens is 284 g/mol. The van der Waals surface area contributed by atoms with Crippen LogP contribution in [-0.4, -0.2) is 24.0 Å². The van der Waals surface area contributed by atoms with Crippen molar-refractivity contribution in [2.75, 3.05) is 13.1 Å². The third-order valence-electron chi connectivity index (χ3n) is 4.77. The Labute approximate surface area is 137 Å². The molecule has 0 radical (unpaired) electrons. The smallest absolute Gasteiger partial charge is 0.0392 e. The molecule has 0 N–H and O–H groups in total. The first kappa shape index (κ1) is 15.6. The summed E-state index contributed by atoms with van der Waals surface area (Å²) >= 11 is 0. The topological polar surface area (TPSA) is 52.0 Å². The van der Waals surface area contributed by atoms with Gasteiger partial charge in [0, 0.05) is 36.5 Å². The highest BCUT2D eigenvalue weighted by atomic mass is 15.2. The van der Waals surface area contributed by atoms with Crippen molar-refractivity contribution in [1.82, 2.24) is 4.90 Å². The van der Waals surface area contributed by atoms with Crippen molar-refractivity contribution in [2.45, 2.75) is 25.4 Å². The van der Waals surface area contributed by atoms with E-state index in [0.29, 0.717) is 11.8 Å². The van der Waals surface area contributed by atoms with Gasteiger partial charge in [-0.25, -0.2) is 0 Å². The number of hydrogen-bond donors (Lipinski definition) is 0. The van der Waals surface area contributed by atoms with Crippen LogP contribution in [0.25, 0.3) is 10.4 Å². The van der Waals surface area contributed by atoms with E-state index < -0.39 is 0 Å². The highest BCUT2D eigenvalue weighted by molar-refractivity contribution is 5.24. The second kappa shape index (κ2) is 7.32. The molecule has 0 aliphatic carbocycles. The van der Waals surface area contributed by atoms with Gasteiger partial charge in [0.1, 0.15) is 0 Å². The van der Waals surface area contributed by atoms with Crippen LogP contribution in [0.4, 0.5) is 0 Å². The molecule has 0 amide bonds. The van der Waals surface area contributed by atoms with Crippen LogP contribution in [0.2, 0.25) is 0 Å². The highest BCUT2D eigenvalue weighted by Crippen LogP contribution is 2.36. The van der Waals surface area contributed by atoms with Crippen molar-refractivity contribution in [1.29, 1.82) is 0 Å². The molecule has 2 aromatic rings. The van der Waals surface area contributed by atoms with Crippen LogP contribution in [0.5, 0.6) is 0 Å². The quantitative estimate of drug-likeness (QED) is 0.452. The fourth-order valence-electron chi connectivity index (χ4n) is 3.59. The van der Waals surface area contributed by atoms with Crippen molar-refractivity contribution in [3.8, 4) is 0 Å². The maximum atomic E-state index is 8.80. The van der Waals surface area contributed by atoms with E-state index in [0.717, 1.165) is 19.6 Å². The molecule has 23 heavy (non-hydrogen) atoms. The van der Waals surface area contributed by atoms with E-state index >= 15 is 0 Å². The van der Waals surface area contributed by atoms with Gasteiger partial charge < -0.3 is 0 Å². The maximum Gasteiger partial charge on any atom is 0.0392 e. The summed E-state index contributed by atoms with van der Waals surface area (Å²) in [6.07, 6.45) is 0. The zero-order valence-electron chi connectivity index (χ0n) is 13.4. The first-order valence-corrected chi connectivity index (χ1v) is 8.13. The Bertz CT molecular complexity index is 664. The van der Waals surface area contributed by atoms with E-state index in [9.17, 15) is 0 Å². The third-order valence-corrected chi connectivity index (χ3v) is 4.77. The van der Waals surface area contributed by atoms with Gasteiger partial charge in [-0.15, -0.1) is 0 Å². The Morgan fingerprint density at radius 1 is 1.09 bits per heavy atom. The number of hydrogen-bond acceptors (Lipinski definition) is 2. The van der Waals surface area contributed by atoms with E-state index in [1.165, 1.54) is 11.1 Å². The van der Waals surface area contributed by atoms with Crippen LogP contribution in [0.15, 0.2) is 65.8 Å². The molecule has 118 valence electrons. The first-order valence-electron chi connectivity index (χ1n) is 8.13. The molecule has 1 aliphatic rings. The lowest BCUT2D eigenvalue weighted by Crippen LogP contribution is -2.23. The molecule has 1 saturated heterocycles. The second-order valence-corrected chi connectivity index (χ2v) is 6.31. The molecule has 1 heterocycles. The molecule has 3 rings (SSSR count). The van der Waals surface area contributed by atoms with Gasteiger partial charge in [0.2, 0.25) is 0 Å². The Balaban J connectivity index is 1.80. The van der Waals surface area contributed by atoms with Crippen LogP contribution in [0, 0.1) is 5.92 Å². The number of benzene rings is 2. The molecule has 0 aromatic heterocycles. The van der Waals surface area contributed by atoms with E-state index in [2.05, 4.69) is 63.5 Å². The van der Waals surface area contributed by atoms with Crippen molar-refractivity contribution >= 4 is 0 Å². The van der Waals surface area contributed by atoms with Gasteiger partial charge in [0.15, 0.2) is 0 Å². The molecule has 0 spiro atoms.